The van der Waals surface area contributed by atoms with Gasteiger partial charge in [-0.05, 0) is 29.1 Å². The molecule has 2 aromatic heterocycles. The number of halogens is 1. The van der Waals surface area contributed by atoms with Crippen molar-refractivity contribution in [1.82, 2.24) is 15.2 Å². The molecule has 5 nitrogen and oxygen atoms in total. The van der Waals surface area contributed by atoms with E-state index < -0.39 is 0 Å². The van der Waals surface area contributed by atoms with Crippen molar-refractivity contribution in [2.45, 2.75) is 6.04 Å². The number of aromatic nitrogens is 1. The van der Waals surface area contributed by atoms with Gasteiger partial charge in [0.05, 0.1) is 30.3 Å². The highest BCUT2D eigenvalue weighted by Crippen LogP contribution is 2.29. The summed E-state index contributed by atoms with van der Waals surface area (Å²) < 4.78 is 5.48. The van der Waals surface area contributed by atoms with E-state index in [9.17, 15) is 4.79 Å². The summed E-state index contributed by atoms with van der Waals surface area (Å²) in [5, 5.41) is 6.68. The Morgan fingerprint density at radius 3 is 2.75 bits per heavy atom. The molecule has 146 valence electrons. The summed E-state index contributed by atoms with van der Waals surface area (Å²) in [6.45, 7) is 3.61. The first-order chi connectivity index (χ1) is 13.7. The van der Waals surface area contributed by atoms with Crippen LogP contribution >= 0.6 is 34.3 Å². The van der Waals surface area contributed by atoms with Gasteiger partial charge in [0.2, 0.25) is 0 Å². The number of nitrogens with zero attached hydrogens (tertiary/aromatic N) is 2. The van der Waals surface area contributed by atoms with E-state index in [1.54, 1.807) is 17.5 Å². The fourth-order valence-electron chi connectivity index (χ4n) is 3.20. The summed E-state index contributed by atoms with van der Waals surface area (Å²) in [6, 6.07) is 11.9. The second-order valence-electron chi connectivity index (χ2n) is 6.43. The molecule has 1 aliphatic rings. The standard InChI is InChI=1S/C20H20ClN3O2S2/c21-15-5-3-14(4-6-15)16(24-7-9-26-10-8-24)12-22-19(25)18-13-23-20(28-18)17-2-1-11-27-17/h1-6,11,13,16H,7-10,12H2,(H,22,25). The number of rotatable bonds is 6. The molecule has 3 aromatic rings. The summed E-state index contributed by atoms with van der Waals surface area (Å²) >= 11 is 9.09. The van der Waals surface area contributed by atoms with Crippen LogP contribution in [0.4, 0.5) is 0 Å². The highest BCUT2D eigenvalue weighted by molar-refractivity contribution is 7.21. The number of hydrogen-bond acceptors (Lipinski definition) is 6. The molecule has 1 aliphatic heterocycles. The van der Waals surface area contributed by atoms with Gasteiger partial charge in [-0.3, -0.25) is 9.69 Å². The number of carbonyl (C=O) groups excluding carboxylic acids is 1. The molecule has 1 aromatic carbocycles. The lowest BCUT2D eigenvalue weighted by molar-refractivity contribution is 0.0162. The van der Waals surface area contributed by atoms with Crippen molar-refractivity contribution >= 4 is 40.2 Å². The molecule has 3 heterocycles. The van der Waals surface area contributed by atoms with E-state index >= 15 is 0 Å². The molecule has 1 saturated heterocycles. The third-order valence-electron chi connectivity index (χ3n) is 4.66. The number of ether oxygens (including phenoxy) is 1. The van der Waals surface area contributed by atoms with Crippen LogP contribution in [-0.2, 0) is 4.74 Å². The Labute approximate surface area is 176 Å². The van der Waals surface area contributed by atoms with Gasteiger partial charge in [-0.15, -0.1) is 22.7 Å². The Balaban J connectivity index is 1.46. The van der Waals surface area contributed by atoms with Crippen molar-refractivity contribution in [3.63, 3.8) is 0 Å². The Kier molecular flexibility index (Phi) is 6.39. The predicted octanol–water partition coefficient (Wildman–Crippen LogP) is 4.33. The summed E-state index contributed by atoms with van der Waals surface area (Å²) in [5.74, 6) is -0.0903. The van der Waals surface area contributed by atoms with Crippen LogP contribution in [0.1, 0.15) is 21.3 Å². The lowest BCUT2D eigenvalue weighted by atomic mass is 10.0. The molecular formula is C20H20ClN3O2S2. The minimum Gasteiger partial charge on any atom is -0.379 e. The summed E-state index contributed by atoms with van der Waals surface area (Å²) in [7, 11) is 0. The van der Waals surface area contributed by atoms with Gasteiger partial charge < -0.3 is 10.1 Å². The van der Waals surface area contributed by atoms with Crippen molar-refractivity contribution in [3.8, 4) is 9.88 Å². The van der Waals surface area contributed by atoms with Crippen molar-refractivity contribution < 1.29 is 9.53 Å². The van der Waals surface area contributed by atoms with Crippen LogP contribution in [0.3, 0.4) is 0 Å². The average molecular weight is 434 g/mol. The first kappa shape index (κ1) is 19.5. The largest absolute Gasteiger partial charge is 0.379 e. The number of thiophene rings is 1. The van der Waals surface area contributed by atoms with E-state index in [4.69, 9.17) is 16.3 Å². The number of carbonyl (C=O) groups is 1. The van der Waals surface area contributed by atoms with Crippen LogP contribution in [0, 0.1) is 0 Å². The van der Waals surface area contributed by atoms with E-state index in [1.165, 1.54) is 11.3 Å². The predicted molar refractivity (Wildman–Crippen MR) is 114 cm³/mol. The van der Waals surface area contributed by atoms with E-state index in [1.807, 2.05) is 41.8 Å². The molecule has 0 spiro atoms. The average Bonchev–Trinajstić information content (AvgIpc) is 3.42. The molecule has 1 fully saturated rings. The highest BCUT2D eigenvalue weighted by atomic mass is 35.5. The number of hydrogen-bond donors (Lipinski definition) is 1. The molecule has 0 aliphatic carbocycles. The van der Waals surface area contributed by atoms with Crippen LogP contribution in [0.25, 0.3) is 9.88 Å². The van der Waals surface area contributed by atoms with Crippen molar-refractivity contribution in [2.75, 3.05) is 32.8 Å². The van der Waals surface area contributed by atoms with E-state index in [0.29, 0.717) is 29.7 Å². The number of morpholine rings is 1. The molecule has 28 heavy (non-hydrogen) atoms. The van der Waals surface area contributed by atoms with Gasteiger partial charge in [0.25, 0.3) is 5.91 Å². The number of thiazole rings is 1. The molecule has 0 bridgehead atoms. The summed E-state index contributed by atoms with van der Waals surface area (Å²) in [5.41, 5.74) is 1.13. The minimum atomic E-state index is -0.0903. The van der Waals surface area contributed by atoms with E-state index in [2.05, 4.69) is 15.2 Å². The van der Waals surface area contributed by atoms with Crippen molar-refractivity contribution in [1.29, 1.82) is 0 Å². The summed E-state index contributed by atoms with van der Waals surface area (Å²) in [4.78, 5) is 21.1. The Bertz CT molecular complexity index is 906. The monoisotopic (exact) mass is 433 g/mol. The second-order valence-corrected chi connectivity index (χ2v) is 8.85. The minimum absolute atomic E-state index is 0.0785. The second kappa shape index (κ2) is 9.15. The zero-order chi connectivity index (χ0) is 19.3. The topological polar surface area (TPSA) is 54.5 Å². The van der Waals surface area contributed by atoms with Gasteiger partial charge in [-0.1, -0.05) is 29.8 Å². The number of nitrogens with one attached hydrogen (secondary N) is 1. The van der Waals surface area contributed by atoms with E-state index in [0.717, 1.165) is 28.5 Å². The summed E-state index contributed by atoms with van der Waals surface area (Å²) in [6.07, 6.45) is 1.65. The smallest absolute Gasteiger partial charge is 0.263 e. The number of benzene rings is 1. The van der Waals surface area contributed by atoms with Gasteiger partial charge >= 0.3 is 0 Å². The molecule has 1 N–H and O–H groups in total. The lowest BCUT2D eigenvalue weighted by Gasteiger charge is -2.34. The quantitative estimate of drug-likeness (QED) is 0.628. The zero-order valence-corrected chi connectivity index (χ0v) is 17.5. The maximum Gasteiger partial charge on any atom is 0.263 e. The molecular weight excluding hydrogens is 414 g/mol. The van der Waals surface area contributed by atoms with Gasteiger partial charge in [0.15, 0.2) is 0 Å². The maximum atomic E-state index is 12.7. The SMILES string of the molecule is O=C(NCC(c1ccc(Cl)cc1)N1CCOCC1)c1cnc(-c2cccs2)s1. The molecule has 1 unspecified atom stereocenters. The Hall–Kier alpha value is -1.77. The third kappa shape index (κ3) is 4.61. The fraction of sp³-hybridized carbons (Fsp3) is 0.300. The normalized spacial score (nSPS) is 16.0. The molecule has 1 amide bonds. The number of amides is 1. The van der Waals surface area contributed by atoms with Crippen LogP contribution in [0.15, 0.2) is 48.0 Å². The Morgan fingerprint density at radius 2 is 2.04 bits per heavy atom. The molecule has 1 atom stereocenters. The molecule has 0 saturated carbocycles. The van der Waals surface area contributed by atoms with Crippen LogP contribution < -0.4 is 5.32 Å². The fourth-order valence-corrected chi connectivity index (χ4v) is 4.96. The molecule has 8 heteroatoms. The first-order valence-corrected chi connectivity index (χ1v) is 11.1. The first-order valence-electron chi connectivity index (χ1n) is 9.06. The van der Waals surface area contributed by atoms with Crippen LogP contribution in [0.2, 0.25) is 5.02 Å². The van der Waals surface area contributed by atoms with Gasteiger partial charge in [0.1, 0.15) is 9.88 Å². The lowest BCUT2D eigenvalue weighted by Crippen LogP contribution is -2.43. The van der Waals surface area contributed by atoms with Crippen molar-refractivity contribution in [2.24, 2.45) is 0 Å². The van der Waals surface area contributed by atoms with Gasteiger partial charge in [-0.25, -0.2) is 4.98 Å². The highest BCUT2D eigenvalue weighted by Gasteiger charge is 2.24. The van der Waals surface area contributed by atoms with Crippen LogP contribution in [0.5, 0.6) is 0 Å². The van der Waals surface area contributed by atoms with Gasteiger partial charge in [0, 0.05) is 24.7 Å². The molecule has 4 rings (SSSR count). The van der Waals surface area contributed by atoms with E-state index in [-0.39, 0.29) is 11.9 Å². The van der Waals surface area contributed by atoms with Crippen molar-refractivity contribution in [3.05, 3.63) is 63.4 Å². The molecule has 0 radical (unpaired) electrons. The third-order valence-corrected chi connectivity index (χ3v) is 6.95. The van der Waals surface area contributed by atoms with Crippen LogP contribution in [-0.4, -0.2) is 48.6 Å². The van der Waals surface area contributed by atoms with Gasteiger partial charge in [-0.2, -0.15) is 0 Å². The Morgan fingerprint density at radius 1 is 1.25 bits per heavy atom. The zero-order valence-electron chi connectivity index (χ0n) is 15.1. The maximum absolute atomic E-state index is 12.7.